The maximum Gasteiger partial charge on any atom is 0.339 e. The molecule has 1 heterocycles. The van der Waals surface area contributed by atoms with E-state index in [1.165, 1.54) is 18.2 Å². The average molecular weight is 408 g/mol. The molecule has 1 aromatic heterocycles. The molecule has 2 aromatic carbocycles. The molecule has 1 saturated carbocycles. The van der Waals surface area contributed by atoms with Gasteiger partial charge in [0.1, 0.15) is 5.69 Å². The van der Waals surface area contributed by atoms with Crippen molar-refractivity contribution in [3.63, 3.8) is 0 Å². The van der Waals surface area contributed by atoms with Crippen molar-refractivity contribution in [2.75, 3.05) is 5.32 Å². The largest absolute Gasteiger partial charge is 0.449 e. The van der Waals surface area contributed by atoms with Gasteiger partial charge in [0, 0.05) is 17.7 Å². The second kappa shape index (κ2) is 7.94. The molecule has 9 nitrogen and oxygen atoms in total. The third kappa shape index (κ3) is 4.29. The van der Waals surface area contributed by atoms with Crippen molar-refractivity contribution >= 4 is 17.3 Å². The molecule has 0 amide bonds. The summed E-state index contributed by atoms with van der Waals surface area (Å²) in [4.78, 5) is 23.4. The van der Waals surface area contributed by atoms with Crippen LogP contribution in [0, 0.1) is 17.0 Å². The number of nitro groups is 1. The average Bonchev–Trinajstić information content (AvgIpc) is 3.40. The van der Waals surface area contributed by atoms with E-state index in [0.29, 0.717) is 11.6 Å². The number of aromatic nitrogens is 2. The summed E-state index contributed by atoms with van der Waals surface area (Å²) in [5, 5.41) is 22.4. The third-order valence-corrected chi connectivity index (χ3v) is 4.74. The van der Waals surface area contributed by atoms with Crippen LogP contribution < -0.4 is 5.32 Å². The quantitative estimate of drug-likeness (QED) is 0.346. The number of nitro benzene ring substituents is 1. The van der Waals surface area contributed by atoms with Gasteiger partial charge in [0.05, 0.1) is 10.5 Å². The lowest BCUT2D eigenvalue weighted by molar-refractivity contribution is -0.384. The van der Waals surface area contributed by atoms with Gasteiger partial charge in [-0.15, -0.1) is 10.2 Å². The SMILES string of the molecule is Cc1ccc(-c2nnc(C(C)OC(=O)c3ccc(NC4CC4)c([N+](=O)[O-])c3)o2)cc1. The van der Waals surface area contributed by atoms with Gasteiger partial charge in [0.25, 0.3) is 11.6 Å². The summed E-state index contributed by atoms with van der Waals surface area (Å²) < 4.78 is 11.0. The minimum absolute atomic E-state index is 0.0770. The highest BCUT2D eigenvalue weighted by Gasteiger charge is 2.27. The fourth-order valence-corrected chi connectivity index (χ4v) is 2.87. The number of benzene rings is 2. The second-order valence-electron chi connectivity index (χ2n) is 7.27. The lowest BCUT2D eigenvalue weighted by Gasteiger charge is -2.11. The summed E-state index contributed by atoms with van der Waals surface area (Å²) in [6.45, 7) is 3.57. The fraction of sp³-hybridized carbons (Fsp3) is 0.286. The van der Waals surface area contributed by atoms with Crippen molar-refractivity contribution in [3.8, 4) is 11.5 Å². The predicted molar refractivity (Wildman–Crippen MR) is 108 cm³/mol. The smallest absolute Gasteiger partial charge is 0.339 e. The normalized spacial score (nSPS) is 14.2. The monoisotopic (exact) mass is 408 g/mol. The van der Waals surface area contributed by atoms with Gasteiger partial charge < -0.3 is 14.5 Å². The van der Waals surface area contributed by atoms with Crippen molar-refractivity contribution in [3.05, 3.63) is 69.6 Å². The van der Waals surface area contributed by atoms with Crippen molar-refractivity contribution in [1.29, 1.82) is 0 Å². The minimum atomic E-state index is -0.812. The fourth-order valence-electron chi connectivity index (χ4n) is 2.87. The van der Waals surface area contributed by atoms with E-state index in [1.807, 2.05) is 31.2 Å². The van der Waals surface area contributed by atoms with Crippen molar-refractivity contribution in [2.24, 2.45) is 0 Å². The van der Waals surface area contributed by atoms with Gasteiger partial charge in [-0.05, 0) is 51.0 Å². The molecule has 9 heteroatoms. The van der Waals surface area contributed by atoms with Gasteiger partial charge >= 0.3 is 5.97 Å². The summed E-state index contributed by atoms with van der Waals surface area (Å²) in [5.41, 5.74) is 2.17. The summed E-state index contributed by atoms with van der Waals surface area (Å²) in [6, 6.07) is 12.1. The molecule has 3 aromatic rings. The molecule has 0 aliphatic heterocycles. The standard InChI is InChI=1S/C21H20N4O5/c1-12-3-5-14(6-4-12)20-24-23-19(30-20)13(2)29-21(26)15-7-10-17(22-16-8-9-16)18(11-15)25(27)28/h3-7,10-11,13,16,22H,8-9H2,1-2H3. The Hall–Kier alpha value is -3.75. The van der Waals surface area contributed by atoms with Gasteiger partial charge in [-0.25, -0.2) is 4.79 Å². The van der Waals surface area contributed by atoms with Crippen LogP contribution in [0.1, 0.15) is 47.7 Å². The summed E-state index contributed by atoms with van der Waals surface area (Å²) in [7, 11) is 0. The molecule has 1 N–H and O–H groups in total. The Morgan fingerprint density at radius 2 is 1.97 bits per heavy atom. The Kier molecular flexibility index (Phi) is 5.18. The molecule has 0 spiro atoms. The highest BCUT2D eigenvalue weighted by molar-refractivity contribution is 5.91. The lowest BCUT2D eigenvalue weighted by Crippen LogP contribution is -2.11. The highest BCUT2D eigenvalue weighted by atomic mass is 16.6. The molecule has 1 atom stereocenters. The van der Waals surface area contributed by atoms with Crippen LogP contribution in [0.15, 0.2) is 46.9 Å². The molecule has 0 saturated heterocycles. The first-order valence-electron chi connectivity index (χ1n) is 9.57. The van der Waals surface area contributed by atoms with Crippen LogP contribution in [0.4, 0.5) is 11.4 Å². The van der Waals surface area contributed by atoms with Gasteiger partial charge in [-0.2, -0.15) is 0 Å². The third-order valence-electron chi connectivity index (χ3n) is 4.74. The number of hydrogen-bond donors (Lipinski definition) is 1. The number of nitrogens with zero attached hydrogens (tertiary/aromatic N) is 3. The summed E-state index contributed by atoms with van der Waals surface area (Å²) in [6.07, 6.45) is 1.15. The first kappa shape index (κ1) is 19.6. The molecule has 4 rings (SSSR count). The number of carbonyl (C=O) groups is 1. The van der Waals surface area contributed by atoms with Crippen LogP contribution in [0.25, 0.3) is 11.5 Å². The van der Waals surface area contributed by atoms with Gasteiger partial charge in [-0.3, -0.25) is 10.1 Å². The van der Waals surface area contributed by atoms with Crippen LogP contribution in [-0.2, 0) is 4.74 Å². The van der Waals surface area contributed by atoms with E-state index in [0.717, 1.165) is 24.0 Å². The number of nitrogens with one attached hydrogen (secondary N) is 1. The number of ether oxygens (including phenoxy) is 1. The van der Waals surface area contributed by atoms with Crippen LogP contribution in [0.2, 0.25) is 0 Å². The van der Waals surface area contributed by atoms with Crippen LogP contribution in [0.5, 0.6) is 0 Å². The molecule has 1 fully saturated rings. The Bertz CT molecular complexity index is 1090. The van der Waals surface area contributed by atoms with Crippen LogP contribution >= 0.6 is 0 Å². The molecule has 30 heavy (non-hydrogen) atoms. The van der Waals surface area contributed by atoms with E-state index in [9.17, 15) is 14.9 Å². The van der Waals surface area contributed by atoms with E-state index in [4.69, 9.17) is 9.15 Å². The Balaban J connectivity index is 1.47. The number of rotatable bonds is 7. The van der Waals surface area contributed by atoms with Crippen molar-refractivity contribution in [1.82, 2.24) is 10.2 Å². The molecule has 0 bridgehead atoms. The van der Waals surface area contributed by atoms with Crippen molar-refractivity contribution < 1.29 is 18.9 Å². The number of esters is 1. The number of hydrogen-bond acceptors (Lipinski definition) is 8. The number of carbonyl (C=O) groups excluding carboxylic acids is 1. The molecule has 154 valence electrons. The first-order chi connectivity index (χ1) is 14.4. The maximum absolute atomic E-state index is 12.5. The van der Waals surface area contributed by atoms with Gasteiger partial charge in [0.15, 0.2) is 6.10 Å². The molecule has 1 aliphatic rings. The number of aryl methyl sites for hydroxylation is 1. The maximum atomic E-state index is 12.5. The van der Waals surface area contributed by atoms with E-state index < -0.39 is 17.0 Å². The zero-order chi connectivity index (χ0) is 21.3. The van der Waals surface area contributed by atoms with Crippen molar-refractivity contribution in [2.45, 2.75) is 38.8 Å². The highest BCUT2D eigenvalue weighted by Crippen LogP contribution is 2.32. The number of anilines is 1. The molecular formula is C21H20N4O5. The zero-order valence-corrected chi connectivity index (χ0v) is 16.5. The summed E-state index contributed by atoms with van der Waals surface area (Å²) >= 11 is 0. The molecular weight excluding hydrogens is 388 g/mol. The topological polar surface area (TPSA) is 120 Å². The van der Waals surface area contributed by atoms with Crippen LogP contribution in [0.3, 0.4) is 0 Å². The Morgan fingerprint density at radius 1 is 1.23 bits per heavy atom. The zero-order valence-electron chi connectivity index (χ0n) is 16.5. The second-order valence-corrected chi connectivity index (χ2v) is 7.27. The Labute approximate surface area is 172 Å². The van der Waals surface area contributed by atoms with E-state index in [2.05, 4.69) is 15.5 Å². The predicted octanol–water partition coefficient (Wildman–Crippen LogP) is 4.45. The first-order valence-corrected chi connectivity index (χ1v) is 9.57. The molecule has 1 aliphatic carbocycles. The molecule has 1 unspecified atom stereocenters. The van der Waals surface area contributed by atoms with E-state index in [-0.39, 0.29) is 23.2 Å². The minimum Gasteiger partial charge on any atom is -0.449 e. The lowest BCUT2D eigenvalue weighted by atomic mass is 10.1. The Morgan fingerprint density at radius 3 is 2.63 bits per heavy atom. The van der Waals surface area contributed by atoms with E-state index >= 15 is 0 Å². The van der Waals surface area contributed by atoms with E-state index in [1.54, 1.807) is 6.92 Å². The van der Waals surface area contributed by atoms with Gasteiger partial charge in [-0.1, -0.05) is 17.7 Å². The summed E-state index contributed by atoms with van der Waals surface area (Å²) in [5.74, 6) is -0.252. The van der Waals surface area contributed by atoms with Crippen LogP contribution in [-0.4, -0.2) is 27.1 Å². The van der Waals surface area contributed by atoms with Gasteiger partial charge in [0.2, 0.25) is 5.89 Å². The molecule has 0 radical (unpaired) electrons.